The molecule has 24 heavy (non-hydrogen) atoms. The Balaban J connectivity index is 1.95. The van der Waals surface area contributed by atoms with E-state index in [9.17, 15) is 19.8 Å². The summed E-state index contributed by atoms with van der Waals surface area (Å²) in [6, 6.07) is 6.65. The Bertz CT molecular complexity index is 725. The van der Waals surface area contributed by atoms with E-state index in [4.69, 9.17) is 11.6 Å². The molecule has 1 heterocycles. The molecule has 0 saturated carbocycles. The summed E-state index contributed by atoms with van der Waals surface area (Å²) < 4.78 is 0. The third-order valence-electron chi connectivity index (χ3n) is 3.20. The van der Waals surface area contributed by atoms with Crippen LogP contribution in [-0.4, -0.2) is 33.1 Å². The van der Waals surface area contributed by atoms with Gasteiger partial charge in [0.25, 0.3) is 0 Å². The number of carboxylic acids is 1. The van der Waals surface area contributed by atoms with Crippen molar-refractivity contribution in [1.29, 1.82) is 0 Å². The molecule has 0 aliphatic heterocycles. The van der Waals surface area contributed by atoms with E-state index in [1.807, 2.05) is 0 Å². The molecule has 7 nitrogen and oxygen atoms in total. The minimum absolute atomic E-state index is 0.129. The van der Waals surface area contributed by atoms with Crippen molar-refractivity contribution < 1.29 is 19.8 Å². The van der Waals surface area contributed by atoms with Gasteiger partial charge in [-0.05, 0) is 29.8 Å². The second kappa shape index (κ2) is 8.28. The van der Waals surface area contributed by atoms with Crippen LogP contribution in [0.15, 0.2) is 42.7 Å². The molecule has 1 unspecified atom stereocenters. The van der Waals surface area contributed by atoms with Crippen LogP contribution in [0.25, 0.3) is 0 Å². The second-order valence-electron chi connectivity index (χ2n) is 5.05. The number of benzene rings is 1. The first-order chi connectivity index (χ1) is 11.5. The van der Waals surface area contributed by atoms with Gasteiger partial charge in [-0.1, -0.05) is 17.7 Å². The lowest BCUT2D eigenvalue weighted by atomic mass is 10.1. The van der Waals surface area contributed by atoms with Crippen LogP contribution in [0.3, 0.4) is 0 Å². The van der Waals surface area contributed by atoms with Crippen LogP contribution in [0.2, 0.25) is 5.02 Å². The SMILES string of the molecule is O=C(CC(NCc1cccnc1)C(=O)O)Nc1cc(Cl)ccc1O. The number of hydrogen-bond acceptors (Lipinski definition) is 5. The van der Waals surface area contributed by atoms with Gasteiger partial charge < -0.3 is 15.5 Å². The average molecular weight is 350 g/mol. The van der Waals surface area contributed by atoms with Gasteiger partial charge in [0, 0.05) is 24.0 Å². The van der Waals surface area contributed by atoms with Crippen LogP contribution in [0.1, 0.15) is 12.0 Å². The Hall–Kier alpha value is -2.64. The number of phenolic OH excluding ortho intramolecular Hbond substituents is 1. The molecule has 0 aliphatic rings. The van der Waals surface area contributed by atoms with Gasteiger partial charge in [0.15, 0.2) is 0 Å². The molecule has 4 N–H and O–H groups in total. The zero-order valence-corrected chi connectivity index (χ0v) is 13.3. The zero-order chi connectivity index (χ0) is 17.5. The van der Waals surface area contributed by atoms with Gasteiger partial charge in [-0.2, -0.15) is 0 Å². The summed E-state index contributed by atoms with van der Waals surface area (Å²) in [5, 5.41) is 24.5. The number of carbonyl (C=O) groups excluding carboxylic acids is 1. The summed E-state index contributed by atoms with van der Waals surface area (Å²) >= 11 is 5.80. The van der Waals surface area contributed by atoms with Gasteiger partial charge in [-0.15, -0.1) is 0 Å². The van der Waals surface area contributed by atoms with Gasteiger partial charge in [-0.3, -0.25) is 19.9 Å². The number of rotatable bonds is 7. The molecule has 0 fully saturated rings. The van der Waals surface area contributed by atoms with Crippen LogP contribution in [0.5, 0.6) is 5.75 Å². The Labute approximate surface area is 143 Å². The summed E-state index contributed by atoms with van der Waals surface area (Å²) in [6.07, 6.45) is 2.92. The topological polar surface area (TPSA) is 112 Å². The van der Waals surface area contributed by atoms with Gasteiger partial charge in [0.2, 0.25) is 5.91 Å². The Morgan fingerprint density at radius 3 is 2.75 bits per heavy atom. The van der Waals surface area contributed by atoms with Gasteiger partial charge in [0.1, 0.15) is 11.8 Å². The van der Waals surface area contributed by atoms with Crippen molar-refractivity contribution in [3.8, 4) is 5.75 Å². The summed E-state index contributed by atoms with van der Waals surface area (Å²) in [6.45, 7) is 0.264. The maximum Gasteiger partial charge on any atom is 0.321 e. The predicted octanol–water partition coefficient (Wildman–Crippen LogP) is 2.01. The third-order valence-corrected chi connectivity index (χ3v) is 3.43. The van der Waals surface area contributed by atoms with Crippen LogP contribution in [0, 0.1) is 0 Å². The van der Waals surface area contributed by atoms with E-state index in [1.54, 1.807) is 24.5 Å². The van der Waals surface area contributed by atoms with Crippen molar-refractivity contribution in [2.45, 2.75) is 19.0 Å². The highest BCUT2D eigenvalue weighted by Gasteiger charge is 2.21. The molecule has 0 bridgehead atoms. The van der Waals surface area contributed by atoms with Crippen LogP contribution >= 0.6 is 11.6 Å². The fraction of sp³-hybridized carbons (Fsp3) is 0.188. The highest BCUT2D eigenvalue weighted by molar-refractivity contribution is 6.31. The van der Waals surface area contributed by atoms with E-state index < -0.39 is 17.9 Å². The molecule has 126 valence electrons. The minimum Gasteiger partial charge on any atom is -0.506 e. The Kier molecular flexibility index (Phi) is 6.11. The fourth-order valence-corrected chi connectivity index (χ4v) is 2.16. The predicted molar refractivity (Wildman–Crippen MR) is 88.9 cm³/mol. The number of aromatic hydroxyl groups is 1. The average Bonchev–Trinajstić information content (AvgIpc) is 2.55. The largest absolute Gasteiger partial charge is 0.506 e. The lowest BCUT2D eigenvalue weighted by molar-refractivity contribution is -0.141. The van der Waals surface area contributed by atoms with Gasteiger partial charge in [0.05, 0.1) is 12.1 Å². The van der Waals surface area contributed by atoms with Gasteiger partial charge in [-0.25, -0.2) is 0 Å². The van der Waals surface area contributed by atoms with E-state index in [2.05, 4.69) is 15.6 Å². The number of amides is 1. The van der Waals surface area contributed by atoms with Crippen molar-refractivity contribution in [1.82, 2.24) is 10.3 Å². The lowest BCUT2D eigenvalue weighted by Crippen LogP contribution is -2.39. The van der Waals surface area contributed by atoms with Crippen molar-refractivity contribution in [3.05, 3.63) is 53.3 Å². The molecule has 1 aromatic carbocycles. The minimum atomic E-state index is -1.15. The highest BCUT2D eigenvalue weighted by atomic mass is 35.5. The number of halogens is 1. The molecule has 8 heteroatoms. The van der Waals surface area contributed by atoms with Crippen LogP contribution < -0.4 is 10.6 Å². The standard InChI is InChI=1S/C16H16ClN3O4/c17-11-3-4-14(21)12(6-11)20-15(22)7-13(16(23)24)19-9-10-2-1-5-18-8-10/h1-6,8,13,19,21H,7,9H2,(H,20,22)(H,23,24). The van der Waals surface area contributed by atoms with E-state index in [-0.39, 0.29) is 24.4 Å². The number of anilines is 1. The number of pyridine rings is 1. The molecule has 0 radical (unpaired) electrons. The van der Waals surface area contributed by atoms with E-state index in [0.717, 1.165) is 5.56 Å². The Morgan fingerprint density at radius 1 is 1.29 bits per heavy atom. The molecule has 1 aromatic heterocycles. The van der Waals surface area contributed by atoms with Crippen LogP contribution in [-0.2, 0) is 16.1 Å². The maximum atomic E-state index is 12.0. The summed E-state index contributed by atoms with van der Waals surface area (Å²) in [7, 11) is 0. The van der Waals surface area contributed by atoms with Crippen molar-refractivity contribution >= 4 is 29.2 Å². The number of hydrogen-bond donors (Lipinski definition) is 4. The smallest absolute Gasteiger partial charge is 0.321 e. The molecule has 0 saturated heterocycles. The summed E-state index contributed by atoms with van der Waals surface area (Å²) in [5.41, 5.74) is 0.931. The van der Waals surface area contributed by atoms with Crippen LogP contribution in [0.4, 0.5) is 5.69 Å². The second-order valence-corrected chi connectivity index (χ2v) is 5.48. The van der Waals surface area contributed by atoms with E-state index >= 15 is 0 Å². The van der Waals surface area contributed by atoms with Crippen molar-refractivity contribution in [2.24, 2.45) is 0 Å². The molecular weight excluding hydrogens is 334 g/mol. The van der Waals surface area contributed by atoms with Gasteiger partial charge >= 0.3 is 5.97 Å². The van der Waals surface area contributed by atoms with E-state index in [1.165, 1.54) is 18.2 Å². The molecule has 2 aromatic rings. The summed E-state index contributed by atoms with van der Waals surface area (Å²) in [5.74, 6) is -1.86. The summed E-state index contributed by atoms with van der Waals surface area (Å²) in [4.78, 5) is 27.3. The third kappa shape index (κ3) is 5.22. The lowest BCUT2D eigenvalue weighted by Gasteiger charge is -2.15. The number of aromatic nitrogens is 1. The quantitative estimate of drug-likeness (QED) is 0.569. The molecule has 1 atom stereocenters. The zero-order valence-electron chi connectivity index (χ0n) is 12.6. The van der Waals surface area contributed by atoms with Crippen molar-refractivity contribution in [3.63, 3.8) is 0 Å². The molecule has 0 aliphatic carbocycles. The molecule has 0 spiro atoms. The number of aliphatic carboxylic acids is 1. The highest BCUT2D eigenvalue weighted by Crippen LogP contribution is 2.26. The number of nitrogens with one attached hydrogen (secondary N) is 2. The van der Waals surface area contributed by atoms with Crippen molar-refractivity contribution in [2.75, 3.05) is 5.32 Å². The fourth-order valence-electron chi connectivity index (χ4n) is 1.99. The van der Waals surface area contributed by atoms with E-state index in [0.29, 0.717) is 5.02 Å². The monoisotopic (exact) mass is 349 g/mol. The molecule has 2 rings (SSSR count). The number of carboxylic acid groups (broad SMARTS) is 1. The Morgan fingerprint density at radius 2 is 2.08 bits per heavy atom. The first-order valence-electron chi connectivity index (χ1n) is 7.09. The first kappa shape index (κ1) is 17.7. The number of nitrogens with zero attached hydrogens (tertiary/aromatic N) is 1. The number of carbonyl (C=O) groups is 2. The molecule has 1 amide bonds. The molecular formula is C16H16ClN3O4. The number of phenols is 1. The maximum absolute atomic E-state index is 12.0. The normalized spacial score (nSPS) is 11.7. The first-order valence-corrected chi connectivity index (χ1v) is 7.47.